The molecule has 0 aromatic rings. The average molecular weight is 270 g/mol. The van der Waals surface area contributed by atoms with Crippen molar-refractivity contribution in [3.63, 3.8) is 0 Å². The zero-order chi connectivity index (χ0) is 13.3. The SMILES string of the molecule is CCCCC=CPCCCCCCCCCCC. The van der Waals surface area contributed by atoms with Crippen LogP contribution in [0, 0.1) is 0 Å². The van der Waals surface area contributed by atoms with E-state index in [2.05, 4.69) is 25.7 Å². The van der Waals surface area contributed by atoms with Crippen molar-refractivity contribution in [2.75, 3.05) is 6.16 Å². The lowest BCUT2D eigenvalue weighted by Crippen LogP contribution is -1.82. The lowest BCUT2D eigenvalue weighted by molar-refractivity contribution is 0.573. The van der Waals surface area contributed by atoms with E-state index < -0.39 is 0 Å². The van der Waals surface area contributed by atoms with Crippen LogP contribution in [0.4, 0.5) is 0 Å². The Morgan fingerprint density at radius 2 is 1.22 bits per heavy atom. The van der Waals surface area contributed by atoms with Crippen molar-refractivity contribution in [1.29, 1.82) is 0 Å². The van der Waals surface area contributed by atoms with E-state index in [9.17, 15) is 0 Å². The molecular formula is C17H35P. The fourth-order valence-corrected chi connectivity index (χ4v) is 3.06. The molecule has 0 aliphatic rings. The van der Waals surface area contributed by atoms with Gasteiger partial charge in [-0.05, 0) is 19.0 Å². The van der Waals surface area contributed by atoms with Gasteiger partial charge in [0.15, 0.2) is 0 Å². The molecule has 1 atom stereocenters. The van der Waals surface area contributed by atoms with Crippen molar-refractivity contribution in [3.05, 3.63) is 11.9 Å². The summed E-state index contributed by atoms with van der Waals surface area (Å²) < 4.78 is 0. The Hall–Kier alpha value is 0.170. The highest BCUT2D eigenvalue weighted by atomic mass is 31.1. The fraction of sp³-hybridized carbons (Fsp3) is 0.882. The molecular weight excluding hydrogens is 235 g/mol. The van der Waals surface area contributed by atoms with Gasteiger partial charge in [-0.3, -0.25) is 0 Å². The molecule has 0 aliphatic heterocycles. The number of hydrogen-bond donors (Lipinski definition) is 0. The van der Waals surface area contributed by atoms with Crippen LogP contribution in [-0.2, 0) is 0 Å². The zero-order valence-corrected chi connectivity index (χ0v) is 13.8. The molecule has 0 rings (SSSR count). The maximum absolute atomic E-state index is 2.42. The van der Waals surface area contributed by atoms with Gasteiger partial charge >= 0.3 is 0 Å². The molecule has 1 heteroatoms. The third kappa shape index (κ3) is 16.2. The Balaban J connectivity index is 2.96. The van der Waals surface area contributed by atoms with E-state index in [0.717, 1.165) is 8.58 Å². The van der Waals surface area contributed by atoms with Crippen molar-refractivity contribution in [2.45, 2.75) is 90.9 Å². The monoisotopic (exact) mass is 270 g/mol. The first-order chi connectivity index (χ1) is 8.91. The summed E-state index contributed by atoms with van der Waals surface area (Å²) in [6.45, 7) is 4.55. The van der Waals surface area contributed by atoms with Gasteiger partial charge in [-0.2, -0.15) is 0 Å². The Kier molecular flexibility index (Phi) is 17.3. The normalized spacial score (nSPS) is 12.1. The van der Waals surface area contributed by atoms with Gasteiger partial charge in [-0.15, -0.1) is 0 Å². The van der Waals surface area contributed by atoms with E-state index in [1.807, 2.05) is 0 Å². The summed E-state index contributed by atoms with van der Waals surface area (Å²) >= 11 is 0. The number of allylic oxidation sites excluding steroid dienone is 1. The summed E-state index contributed by atoms with van der Waals surface area (Å²) in [5, 5.41) is 0. The Morgan fingerprint density at radius 3 is 1.83 bits per heavy atom. The van der Waals surface area contributed by atoms with E-state index in [1.165, 1.54) is 83.2 Å². The van der Waals surface area contributed by atoms with Crippen LogP contribution in [0.3, 0.4) is 0 Å². The Morgan fingerprint density at radius 1 is 0.667 bits per heavy atom. The number of unbranched alkanes of at least 4 members (excludes halogenated alkanes) is 10. The Labute approximate surface area is 118 Å². The second-order valence-electron chi connectivity index (χ2n) is 5.33. The van der Waals surface area contributed by atoms with Gasteiger partial charge in [0.1, 0.15) is 0 Å². The second-order valence-corrected chi connectivity index (χ2v) is 6.57. The minimum absolute atomic E-state index is 1.08. The van der Waals surface area contributed by atoms with E-state index in [0.29, 0.717) is 0 Å². The maximum Gasteiger partial charge on any atom is -0.0319 e. The standard InChI is InChI=1S/C17H35P/c1-3-5-7-9-10-11-12-13-15-17-18-16-14-8-6-4-2/h14,16,18H,3-13,15,17H2,1-2H3. The van der Waals surface area contributed by atoms with Crippen LogP contribution in [0.15, 0.2) is 11.9 Å². The van der Waals surface area contributed by atoms with Crippen LogP contribution >= 0.6 is 8.58 Å². The van der Waals surface area contributed by atoms with Crippen LogP contribution in [0.1, 0.15) is 90.9 Å². The van der Waals surface area contributed by atoms with Gasteiger partial charge in [-0.1, -0.05) is 98.5 Å². The highest BCUT2D eigenvalue weighted by Gasteiger charge is 1.91. The summed E-state index contributed by atoms with van der Waals surface area (Å²) in [5.74, 6) is 2.42. The largest absolute Gasteiger partial charge is 0.0987 e. The molecule has 1 unspecified atom stereocenters. The predicted molar refractivity (Wildman–Crippen MR) is 89.1 cm³/mol. The molecule has 0 aromatic heterocycles. The molecule has 0 bridgehead atoms. The van der Waals surface area contributed by atoms with Gasteiger partial charge in [0.25, 0.3) is 0 Å². The lowest BCUT2D eigenvalue weighted by Gasteiger charge is -2.01. The van der Waals surface area contributed by atoms with Crippen LogP contribution in [0.5, 0.6) is 0 Å². The van der Waals surface area contributed by atoms with Crippen molar-refractivity contribution in [3.8, 4) is 0 Å². The van der Waals surface area contributed by atoms with E-state index in [1.54, 1.807) is 0 Å². The first-order valence-corrected chi connectivity index (χ1v) is 9.58. The summed E-state index contributed by atoms with van der Waals surface area (Å²) in [7, 11) is 1.08. The smallest absolute Gasteiger partial charge is 0.0319 e. The fourth-order valence-electron chi connectivity index (χ4n) is 2.11. The minimum Gasteiger partial charge on any atom is -0.0987 e. The lowest BCUT2D eigenvalue weighted by atomic mass is 10.1. The third-order valence-corrected chi connectivity index (χ3v) is 4.50. The number of rotatable bonds is 14. The van der Waals surface area contributed by atoms with Crippen molar-refractivity contribution < 1.29 is 0 Å². The third-order valence-electron chi connectivity index (χ3n) is 3.38. The first kappa shape index (κ1) is 18.2. The molecule has 0 amide bonds. The minimum atomic E-state index is 1.08. The van der Waals surface area contributed by atoms with Gasteiger partial charge in [0.2, 0.25) is 0 Å². The predicted octanol–water partition coefficient (Wildman–Crippen LogP) is 6.90. The second kappa shape index (κ2) is 17.2. The molecule has 0 aliphatic carbocycles. The molecule has 0 N–H and O–H groups in total. The Bertz CT molecular complexity index is 163. The molecule has 0 aromatic carbocycles. The van der Waals surface area contributed by atoms with E-state index >= 15 is 0 Å². The molecule has 0 fully saturated rings. The summed E-state index contributed by atoms with van der Waals surface area (Å²) in [6, 6.07) is 0. The first-order valence-electron chi connectivity index (χ1n) is 8.30. The average Bonchev–Trinajstić information content (AvgIpc) is 2.39. The van der Waals surface area contributed by atoms with Gasteiger partial charge in [-0.25, -0.2) is 0 Å². The van der Waals surface area contributed by atoms with Crippen molar-refractivity contribution >= 4 is 8.58 Å². The molecule has 108 valence electrons. The molecule has 0 heterocycles. The van der Waals surface area contributed by atoms with Gasteiger partial charge in [0.05, 0.1) is 0 Å². The van der Waals surface area contributed by atoms with Crippen LogP contribution in [0.2, 0.25) is 0 Å². The van der Waals surface area contributed by atoms with Gasteiger partial charge in [0, 0.05) is 0 Å². The molecule has 0 nitrogen and oxygen atoms in total. The molecule has 0 saturated heterocycles. The zero-order valence-electron chi connectivity index (χ0n) is 12.8. The maximum atomic E-state index is 2.42. The van der Waals surface area contributed by atoms with Crippen LogP contribution in [0.25, 0.3) is 0 Å². The molecule has 0 spiro atoms. The topological polar surface area (TPSA) is 0 Å². The quantitative estimate of drug-likeness (QED) is 0.238. The van der Waals surface area contributed by atoms with Crippen molar-refractivity contribution in [1.82, 2.24) is 0 Å². The van der Waals surface area contributed by atoms with Crippen molar-refractivity contribution in [2.24, 2.45) is 0 Å². The highest BCUT2D eigenvalue weighted by molar-refractivity contribution is 7.41. The number of hydrogen-bond acceptors (Lipinski definition) is 0. The van der Waals surface area contributed by atoms with Crippen LogP contribution < -0.4 is 0 Å². The van der Waals surface area contributed by atoms with Crippen LogP contribution in [-0.4, -0.2) is 6.16 Å². The highest BCUT2D eigenvalue weighted by Crippen LogP contribution is 2.17. The molecule has 0 radical (unpaired) electrons. The van der Waals surface area contributed by atoms with Gasteiger partial charge < -0.3 is 0 Å². The summed E-state index contributed by atoms with van der Waals surface area (Å²) in [4.78, 5) is 0. The molecule has 18 heavy (non-hydrogen) atoms. The molecule has 0 saturated carbocycles. The summed E-state index contributed by atoms with van der Waals surface area (Å²) in [5.41, 5.74) is 0. The van der Waals surface area contributed by atoms with E-state index in [4.69, 9.17) is 0 Å². The van der Waals surface area contributed by atoms with E-state index in [-0.39, 0.29) is 0 Å². The summed E-state index contributed by atoms with van der Waals surface area (Å²) in [6.07, 6.45) is 20.8.